The van der Waals surface area contributed by atoms with Crippen molar-refractivity contribution in [2.75, 3.05) is 4.90 Å². The molecule has 0 saturated heterocycles. The first-order valence-corrected chi connectivity index (χ1v) is 13.8. The van der Waals surface area contributed by atoms with Gasteiger partial charge in [0.1, 0.15) is 6.04 Å². The molecule has 0 bridgehead atoms. The number of anilines is 1. The van der Waals surface area contributed by atoms with E-state index in [1.54, 1.807) is 16.2 Å². The number of hydrogen-bond acceptors (Lipinski definition) is 3. The molecule has 35 heavy (non-hydrogen) atoms. The first kappa shape index (κ1) is 25.2. The lowest BCUT2D eigenvalue weighted by Crippen LogP contribution is -2.47. The van der Waals surface area contributed by atoms with Gasteiger partial charge in [-0.3, -0.25) is 14.5 Å². The molecular weight excluding hydrogens is 452 g/mol. The minimum Gasteiger partial charge on any atom is -0.351 e. The molecule has 1 aromatic heterocycles. The van der Waals surface area contributed by atoms with Gasteiger partial charge in [-0.25, -0.2) is 0 Å². The molecule has 5 heteroatoms. The summed E-state index contributed by atoms with van der Waals surface area (Å²) in [6.45, 7) is 4.38. The number of carbonyl (C=O) groups excluding carboxylic acids is 2. The SMILES string of the molecule is CC[C@H](C)c1ccc(N(C(=O)Cc2ccsc2)[C@H](C(=O)NC2CCCCC2)c2ccccc2)cc1. The molecule has 4 rings (SSSR count). The summed E-state index contributed by atoms with van der Waals surface area (Å²) in [7, 11) is 0. The monoisotopic (exact) mass is 488 g/mol. The smallest absolute Gasteiger partial charge is 0.248 e. The van der Waals surface area contributed by atoms with E-state index >= 15 is 0 Å². The number of nitrogens with zero attached hydrogens (tertiary/aromatic N) is 1. The fraction of sp³-hybridized carbons (Fsp3) is 0.400. The third-order valence-corrected chi connectivity index (χ3v) is 7.86. The van der Waals surface area contributed by atoms with Crippen LogP contribution in [0, 0.1) is 0 Å². The van der Waals surface area contributed by atoms with Crippen molar-refractivity contribution in [3.05, 3.63) is 88.1 Å². The molecule has 184 valence electrons. The largest absolute Gasteiger partial charge is 0.351 e. The summed E-state index contributed by atoms with van der Waals surface area (Å²) in [5.74, 6) is 0.263. The first-order chi connectivity index (χ1) is 17.1. The Balaban J connectivity index is 1.72. The lowest BCUT2D eigenvalue weighted by atomic mass is 9.94. The molecule has 2 aromatic carbocycles. The van der Waals surface area contributed by atoms with Gasteiger partial charge in [-0.1, -0.05) is 75.6 Å². The molecule has 0 unspecified atom stereocenters. The second-order valence-electron chi connectivity index (χ2n) is 9.63. The summed E-state index contributed by atoms with van der Waals surface area (Å²) < 4.78 is 0. The lowest BCUT2D eigenvalue weighted by Gasteiger charge is -2.33. The molecule has 2 atom stereocenters. The van der Waals surface area contributed by atoms with Gasteiger partial charge in [0.25, 0.3) is 0 Å². The maximum atomic E-state index is 13.9. The van der Waals surface area contributed by atoms with Gasteiger partial charge >= 0.3 is 0 Å². The van der Waals surface area contributed by atoms with E-state index in [-0.39, 0.29) is 24.3 Å². The molecule has 0 spiro atoms. The summed E-state index contributed by atoms with van der Waals surface area (Å²) in [6.07, 6.45) is 6.81. The Labute approximate surface area is 213 Å². The van der Waals surface area contributed by atoms with Gasteiger partial charge in [0, 0.05) is 11.7 Å². The van der Waals surface area contributed by atoms with E-state index in [0.29, 0.717) is 5.92 Å². The van der Waals surface area contributed by atoms with E-state index in [0.717, 1.165) is 48.9 Å². The van der Waals surface area contributed by atoms with Gasteiger partial charge in [-0.05, 0) is 70.8 Å². The Hall–Kier alpha value is -2.92. The first-order valence-electron chi connectivity index (χ1n) is 12.8. The van der Waals surface area contributed by atoms with Gasteiger partial charge in [0.05, 0.1) is 6.42 Å². The van der Waals surface area contributed by atoms with E-state index < -0.39 is 6.04 Å². The highest BCUT2D eigenvalue weighted by molar-refractivity contribution is 7.08. The fourth-order valence-corrected chi connectivity index (χ4v) is 5.54. The summed E-state index contributed by atoms with van der Waals surface area (Å²) in [5.41, 5.74) is 3.79. The molecule has 3 aromatic rings. The van der Waals surface area contributed by atoms with Crippen LogP contribution in [0.3, 0.4) is 0 Å². The summed E-state index contributed by atoms with van der Waals surface area (Å²) in [4.78, 5) is 29.4. The number of rotatable bonds is 9. The summed E-state index contributed by atoms with van der Waals surface area (Å²) in [5, 5.41) is 7.28. The third-order valence-electron chi connectivity index (χ3n) is 7.13. The van der Waals surface area contributed by atoms with Gasteiger partial charge < -0.3 is 5.32 Å². The zero-order valence-corrected chi connectivity index (χ0v) is 21.6. The van der Waals surface area contributed by atoms with Crippen LogP contribution in [0.15, 0.2) is 71.4 Å². The van der Waals surface area contributed by atoms with Crippen molar-refractivity contribution in [3.8, 4) is 0 Å². The van der Waals surface area contributed by atoms with E-state index in [1.165, 1.54) is 12.0 Å². The molecule has 1 aliphatic rings. The summed E-state index contributed by atoms with van der Waals surface area (Å²) >= 11 is 1.58. The van der Waals surface area contributed by atoms with Crippen LogP contribution in [0.1, 0.15) is 81.0 Å². The van der Waals surface area contributed by atoms with E-state index in [9.17, 15) is 9.59 Å². The maximum Gasteiger partial charge on any atom is 0.248 e. The van der Waals surface area contributed by atoms with Gasteiger partial charge in [0.2, 0.25) is 11.8 Å². The Morgan fingerprint density at radius 2 is 1.69 bits per heavy atom. The Morgan fingerprint density at radius 3 is 2.31 bits per heavy atom. The average molecular weight is 489 g/mol. The number of thiophene rings is 1. The highest BCUT2D eigenvalue weighted by Gasteiger charge is 2.34. The van der Waals surface area contributed by atoms with Crippen LogP contribution in [0.5, 0.6) is 0 Å². The zero-order valence-electron chi connectivity index (χ0n) is 20.8. The molecule has 1 saturated carbocycles. The fourth-order valence-electron chi connectivity index (χ4n) is 4.87. The van der Waals surface area contributed by atoms with Crippen molar-refractivity contribution < 1.29 is 9.59 Å². The van der Waals surface area contributed by atoms with Gasteiger partial charge in [-0.2, -0.15) is 11.3 Å². The normalized spacial score (nSPS) is 15.8. The number of nitrogens with one attached hydrogen (secondary N) is 1. The highest BCUT2D eigenvalue weighted by atomic mass is 32.1. The van der Waals surface area contributed by atoms with Crippen LogP contribution in [-0.2, 0) is 16.0 Å². The molecule has 4 nitrogen and oxygen atoms in total. The average Bonchev–Trinajstić information content (AvgIpc) is 3.41. The quantitative estimate of drug-likeness (QED) is 0.352. The minimum atomic E-state index is -0.723. The van der Waals surface area contributed by atoms with Gasteiger partial charge in [0.15, 0.2) is 0 Å². The molecule has 0 radical (unpaired) electrons. The zero-order chi connectivity index (χ0) is 24.6. The van der Waals surface area contributed by atoms with Crippen LogP contribution >= 0.6 is 11.3 Å². The van der Waals surface area contributed by atoms with Crippen LogP contribution in [-0.4, -0.2) is 17.9 Å². The summed E-state index contributed by atoms with van der Waals surface area (Å²) in [6, 6.07) is 19.3. The Kier molecular flexibility index (Phi) is 8.75. The topological polar surface area (TPSA) is 49.4 Å². The third kappa shape index (κ3) is 6.40. The van der Waals surface area contributed by atoms with E-state index in [2.05, 4.69) is 31.3 Å². The molecule has 2 amide bonds. The predicted molar refractivity (Wildman–Crippen MR) is 145 cm³/mol. The van der Waals surface area contributed by atoms with Crippen LogP contribution in [0.25, 0.3) is 0 Å². The van der Waals surface area contributed by atoms with Crippen LogP contribution in [0.4, 0.5) is 5.69 Å². The van der Waals surface area contributed by atoms with Crippen molar-refractivity contribution in [2.24, 2.45) is 0 Å². The van der Waals surface area contributed by atoms with Crippen LogP contribution in [0.2, 0.25) is 0 Å². The molecule has 1 aliphatic carbocycles. The number of carbonyl (C=O) groups is 2. The predicted octanol–water partition coefficient (Wildman–Crippen LogP) is 7.03. The second kappa shape index (κ2) is 12.2. The van der Waals surface area contributed by atoms with E-state index in [4.69, 9.17) is 0 Å². The van der Waals surface area contributed by atoms with Crippen molar-refractivity contribution in [3.63, 3.8) is 0 Å². The van der Waals surface area contributed by atoms with Crippen molar-refractivity contribution >= 4 is 28.8 Å². The second-order valence-corrected chi connectivity index (χ2v) is 10.4. The Morgan fingerprint density at radius 1 is 0.971 bits per heavy atom. The minimum absolute atomic E-state index is 0.0765. The molecule has 1 fully saturated rings. The Bertz CT molecular complexity index is 1070. The van der Waals surface area contributed by atoms with E-state index in [1.807, 2.05) is 59.3 Å². The molecule has 0 aliphatic heterocycles. The standard InChI is InChI=1S/C30H36N2O2S/c1-3-22(2)24-14-16-27(17-15-24)32(28(33)20-23-18-19-35-21-23)29(25-10-6-4-7-11-25)30(34)31-26-12-8-5-9-13-26/h4,6-7,10-11,14-19,21-22,26,29H,3,5,8-9,12-13,20H2,1-2H3,(H,31,34)/t22-,29-/m0/s1. The number of amides is 2. The lowest BCUT2D eigenvalue weighted by molar-refractivity contribution is -0.127. The maximum absolute atomic E-state index is 13.9. The van der Waals surface area contributed by atoms with Crippen molar-refractivity contribution in [1.82, 2.24) is 5.32 Å². The van der Waals surface area contributed by atoms with Crippen molar-refractivity contribution in [1.29, 1.82) is 0 Å². The molecule has 1 N–H and O–H groups in total. The number of hydrogen-bond donors (Lipinski definition) is 1. The van der Waals surface area contributed by atoms with Crippen LogP contribution < -0.4 is 10.2 Å². The molecule has 1 heterocycles. The highest BCUT2D eigenvalue weighted by Crippen LogP contribution is 2.31. The van der Waals surface area contributed by atoms with Gasteiger partial charge in [-0.15, -0.1) is 0 Å². The van der Waals surface area contributed by atoms with Crippen molar-refractivity contribution in [2.45, 2.75) is 76.8 Å². The number of benzene rings is 2. The molecular formula is C30H36N2O2S.